The summed E-state index contributed by atoms with van der Waals surface area (Å²) in [5.74, 6) is -0.301. The molecule has 0 radical (unpaired) electrons. The smallest absolute Gasteiger partial charge is 0.301 e. The van der Waals surface area contributed by atoms with Crippen LogP contribution in [0.4, 0.5) is 5.13 Å². The van der Waals surface area contributed by atoms with Crippen molar-refractivity contribution in [2.45, 2.75) is 45.8 Å². The van der Waals surface area contributed by atoms with Gasteiger partial charge in [-0.05, 0) is 61.7 Å². The number of aliphatic hydroxyl groups is 1. The van der Waals surface area contributed by atoms with E-state index in [0.717, 1.165) is 17.7 Å². The van der Waals surface area contributed by atoms with Crippen LogP contribution in [0.3, 0.4) is 0 Å². The zero-order chi connectivity index (χ0) is 24.7. The maximum Gasteiger partial charge on any atom is 0.301 e. The van der Waals surface area contributed by atoms with Gasteiger partial charge in [0.25, 0.3) is 5.78 Å². The van der Waals surface area contributed by atoms with E-state index in [1.54, 1.807) is 43.3 Å². The molecular formula is C26H25N3O5S. The first-order chi connectivity index (χ1) is 16.9. The third-order valence-electron chi connectivity index (χ3n) is 6.00. The van der Waals surface area contributed by atoms with Crippen LogP contribution in [0.1, 0.15) is 48.0 Å². The second-order valence-electron chi connectivity index (χ2n) is 8.65. The Hall–Kier alpha value is -3.72. The number of benzene rings is 2. The number of nitrogens with zero attached hydrogens (tertiary/aromatic N) is 3. The summed E-state index contributed by atoms with van der Waals surface area (Å²) in [6.45, 7) is 6.36. The highest BCUT2D eigenvalue weighted by atomic mass is 32.1. The number of aliphatic hydroxyl groups excluding tert-OH is 1. The van der Waals surface area contributed by atoms with Crippen LogP contribution in [0.15, 0.2) is 48.0 Å². The van der Waals surface area contributed by atoms with Crippen molar-refractivity contribution in [3.05, 3.63) is 69.7 Å². The van der Waals surface area contributed by atoms with Crippen molar-refractivity contribution in [3.8, 4) is 11.5 Å². The number of rotatable bonds is 6. The topological polar surface area (TPSA) is 102 Å². The molecule has 3 aromatic rings. The van der Waals surface area contributed by atoms with Gasteiger partial charge in [-0.1, -0.05) is 30.4 Å². The number of carbonyl (C=O) groups is 2. The number of ether oxygens (including phenoxy) is 2. The predicted octanol–water partition coefficient (Wildman–Crippen LogP) is 4.59. The van der Waals surface area contributed by atoms with E-state index in [9.17, 15) is 14.7 Å². The number of fused-ring (bicyclic) bond motifs is 1. The molecule has 2 aliphatic rings. The lowest BCUT2D eigenvalue weighted by Crippen LogP contribution is -2.29. The minimum Gasteiger partial charge on any atom is -0.507 e. The number of carbonyl (C=O) groups excluding carboxylic acids is 2. The molecule has 180 valence electrons. The van der Waals surface area contributed by atoms with Gasteiger partial charge in [-0.25, -0.2) is 0 Å². The number of ketones is 1. The van der Waals surface area contributed by atoms with Crippen molar-refractivity contribution in [2.75, 3.05) is 11.5 Å². The van der Waals surface area contributed by atoms with Crippen LogP contribution >= 0.6 is 11.3 Å². The van der Waals surface area contributed by atoms with Crippen LogP contribution in [0.25, 0.3) is 5.76 Å². The van der Waals surface area contributed by atoms with Gasteiger partial charge >= 0.3 is 5.91 Å². The van der Waals surface area contributed by atoms with Crippen molar-refractivity contribution in [1.82, 2.24) is 10.2 Å². The Bertz CT molecular complexity index is 1330. The molecule has 35 heavy (non-hydrogen) atoms. The van der Waals surface area contributed by atoms with Gasteiger partial charge in [0.1, 0.15) is 28.4 Å². The van der Waals surface area contributed by atoms with Crippen LogP contribution in [-0.2, 0) is 16.0 Å². The zero-order valence-corrected chi connectivity index (χ0v) is 20.5. The number of anilines is 1. The lowest BCUT2D eigenvalue weighted by atomic mass is 9.94. The quantitative estimate of drug-likeness (QED) is 0.306. The van der Waals surface area contributed by atoms with E-state index in [-0.39, 0.29) is 17.4 Å². The lowest BCUT2D eigenvalue weighted by Gasteiger charge is -2.22. The highest BCUT2D eigenvalue weighted by Crippen LogP contribution is 2.43. The maximum atomic E-state index is 13.3. The van der Waals surface area contributed by atoms with Gasteiger partial charge in [0.2, 0.25) is 5.13 Å². The van der Waals surface area contributed by atoms with E-state index < -0.39 is 17.7 Å². The molecule has 1 amide bonds. The van der Waals surface area contributed by atoms with Crippen LogP contribution in [0, 0.1) is 6.92 Å². The van der Waals surface area contributed by atoms with Crippen LogP contribution in [0.2, 0.25) is 0 Å². The molecule has 9 heteroatoms. The largest absolute Gasteiger partial charge is 0.507 e. The van der Waals surface area contributed by atoms with Crippen molar-refractivity contribution >= 4 is 33.9 Å². The molecule has 0 saturated carbocycles. The number of hydrogen-bond acceptors (Lipinski definition) is 8. The zero-order valence-electron chi connectivity index (χ0n) is 19.6. The van der Waals surface area contributed by atoms with E-state index in [1.807, 2.05) is 19.9 Å². The fourth-order valence-corrected chi connectivity index (χ4v) is 5.13. The van der Waals surface area contributed by atoms with E-state index in [4.69, 9.17) is 9.47 Å². The number of aromatic nitrogens is 2. The summed E-state index contributed by atoms with van der Waals surface area (Å²) in [6.07, 6.45) is 1.63. The SMILES string of the molecule is CCCOc1ccc(C2/C(=C(\O)c3ccc4c(c3)CC(C)O4)C(=O)C(=O)N2c2nnc(C)s2)cc1. The molecule has 5 rings (SSSR count). The number of aryl methyl sites for hydroxylation is 1. The molecule has 1 N–H and O–H groups in total. The Kier molecular flexibility index (Phi) is 6.02. The minimum atomic E-state index is -0.856. The van der Waals surface area contributed by atoms with E-state index in [2.05, 4.69) is 10.2 Å². The molecule has 2 atom stereocenters. The Labute approximate surface area is 206 Å². The van der Waals surface area contributed by atoms with Gasteiger partial charge in [0.15, 0.2) is 0 Å². The minimum absolute atomic E-state index is 0.0111. The summed E-state index contributed by atoms with van der Waals surface area (Å²) in [5.41, 5.74) is 2.07. The molecule has 0 spiro atoms. The summed E-state index contributed by atoms with van der Waals surface area (Å²) in [6, 6.07) is 11.6. The Morgan fingerprint density at radius 3 is 2.66 bits per heavy atom. The predicted molar refractivity (Wildman–Crippen MR) is 132 cm³/mol. The fourth-order valence-electron chi connectivity index (χ4n) is 4.42. The number of amides is 1. The van der Waals surface area contributed by atoms with Gasteiger partial charge in [0, 0.05) is 12.0 Å². The summed E-state index contributed by atoms with van der Waals surface area (Å²) in [7, 11) is 0. The van der Waals surface area contributed by atoms with Crippen LogP contribution in [-0.4, -0.2) is 39.7 Å². The summed E-state index contributed by atoms with van der Waals surface area (Å²) in [4.78, 5) is 27.8. The first kappa shape index (κ1) is 23.0. The summed E-state index contributed by atoms with van der Waals surface area (Å²) < 4.78 is 11.4. The van der Waals surface area contributed by atoms with Crippen LogP contribution < -0.4 is 14.4 Å². The van der Waals surface area contributed by atoms with Crippen LogP contribution in [0.5, 0.6) is 11.5 Å². The van der Waals surface area contributed by atoms with E-state index in [1.165, 1.54) is 16.2 Å². The summed E-state index contributed by atoms with van der Waals surface area (Å²) in [5, 5.41) is 20.5. The molecule has 1 saturated heterocycles. The molecule has 2 aliphatic heterocycles. The normalized spacial score (nSPS) is 20.7. The molecule has 1 fully saturated rings. The Morgan fingerprint density at radius 2 is 1.97 bits per heavy atom. The molecular weight excluding hydrogens is 466 g/mol. The van der Waals surface area contributed by atoms with Gasteiger partial charge in [-0.15, -0.1) is 10.2 Å². The highest BCUT2D eigenvalue weighted by Gasteiger charge is 2.48. The van der Waals surface area contributed by atoms with E-state index in [0.29, 0.717) is 40.0 Å². The standard InChI is InChI=1S/C26H25N3O5S/c1-4-11-33-19-8-5-16(6-9-19)22-21(24(31)25(32)29(22)26-28-27-15(3)35-26)23(30)17-7-10-20-18(13-17)12-14(2)34-20/h5-10,13-14,22,30H,4,11-12H2,1-3H3/b23-21+. The molecule has 0 aliphatic carbocycles. The van der Waals surface area contributed by atoms with E-state index >= 15 is 0 Å². The molecule has 8 nitrogen and oxygen atoms in total. The first-order valence-electron chi connectivity index (χ1n) is 11.5. The number of Topliss-reactive ketones (excluding diaryl/α,β-unsaturated/α-hetero) is 1. The fraction of sp³-hybridized carbons (Fsp3) is 0.308. The Balaban J connectivity index is 1.62. The third-order valence-corrected chi connectivity index (χ3v) is 6.84. The van der Waals surface area contributed by atoms with Gasteiger partial charge in [0.05, 0.1) is 18.2 Å². The van der Waals surface area contributed by atoms with Gasteiger partial charge in [-0.3, -0.25) is 14.5 Å². The van der Waals surface area contributed by atoms with Crippen molar-refractivity contribution in [3.63, 3.8) is 0 Å². The molecule has 2 unspecified atom stereocenters. The average Bonchev–Trinajstić information content (AvgIpc) is 3.52. The average molecular weight is 492 g/mol. The number of hydrogen-bond donors (Lipinski definition) is 1. The molecule has 0 bridgehead atoms. The second kappa shape index (κ2) is 9.14. The second-order valence-corrected chi connectivity index (χ2v) is 9.81. The van der Waals surface area contributed by atoms with Gasteiger partial charge in [-0.2, -0.15) is 0 Å². The first-order valence-corrected chi connectivity index (χ1v) is 12.3. The molecule has 1 aromatic heterocycles. The van der Waals surface area contributed by atoms with Crippen molar-refractivity contribution < 1.29 is 24.2 Å². The highest BCUT2D eigenvalue weighted by molar-refractivity contribution is 7.15. The van der Waals surface area contributed by atoms with Crippen molar-refractivity contribution in [1.29, 1.82) is 0 Å². The molecule has 2 aromatic carbocycles. The summed E-state index contributed by atoms with van der Waals surface area (Å²) >= 11 is 1.21. The monoisotopic (exact) mass is 491 g/mol. The maximum absolute atomic E-state index is 13.3. The lowest BCUT2D eigenvalue weighted by molar-refractivity contribution is -0.132. The van der Waals surface area contributed by atoms with Gasteiger partial charge < -0.3 is 14.6 Å². The van der Waals surface area contributed by atoms with Crippen molar-refractivity contribution in [2.24, 2.45) is 0 Å². The Morgan fingerprint density at radius 1 is 1.20 bits per heavy atom. The third kappa shape index (κ3) is 4.16. The molecule has 3 heterocycles.